The van der Waals surface area contributed by atoms with E-state index in [1.807, 2.05) is 4.57 Å². The topological polar surface area (TPSA) is 110 Å². The molecule has 0 unspecified atom stereocenters. The first kappa shape index (κ1) is 44.6. The van der Waals surface area contributed by atoms with Crippen LogP contribution in [-0.2, 0) is 22.8 Å². The van der Waals surface area contributed by atoms with Gasteiger partial charge in [-0.05, 0) is 68.2 Å². The van der Waals surface area contributed by atoms with Gasteiger partial charge in [0.05, 0.1) is 12.9 Å². The summed E-state index contributed by atoms with van der Waals surface area (Å²) in [5.41, 5.74) is -0.617. The van der Waals surface area contributed by atoms with Gasteiger partial charge in [-0.1, -0.05) is 97.1 Å². The number of alkyl halides is 3. The number of imidazole rings is 1. The summed E-state index contributed by atoms with van der Waals surface area (Å²) in [7, 11) is -5.39. The molecule has 4 atom stereocenters. The molecule has 0 saturated carbocycles. The maximum atomic E-state index is 13.3. The Labute approximate surface area is 324 Å². The molecule has 1 amide bonds. The van der Waals surface area contributed by atoms with Gasteiger partial charge in [-0.2, -0.15) is 0 Å². The number of hydrogen-bond donors (Lipinski definition) is 0. The molecule has 2 aromatic heterocycles. The van der Waals surface area contributed by atoms with Crippen LogP contribution in [0.1, 0.15) is 82.4 Å². The zero-order valence-electron chi connectivity index (χ0n) is 34.0. The smallest absolute Gasteiger partial charge is 0.415 e. The molecule has 1 aliphatic rings. The lowest BCUT2D eigenvalue weighted by Crippen LogP contribution is -2.54. The molecular formula is C34H62Cl3N5O6Si3. The third-order valence-electron chi connectivity index (χ3n) is 11.4. The fraction of sp³-hybridized carbons (Fsp3) is 0.824. The van der Waals surface area contributed by atoms with Gasteiger partial charge in [0.1, 0.15) is 24.6 Å². The maximum absolute atomic E-state index is 13.3. The number of aromatic nitrogens is 4. The maximum Gasteiger partial charge on any atom is 0.415 e. The van der Waals surface area contributed by atoms with E-state index < -0.39 is 65.0 Å². The van der Waals surface area contributed by atoms with Crippen molar-refractivity contribution < 1.29 is 27.5 Å². The van der Waals surface area contributed by atoms with Crippen LogP contribution in [0.25, 0.3) is 11.2 Å². The number of carbonyl (C=O) groups excluding carboxylic acids is 1. The number of hydrogen-bond acceptors (Lipinski definition) is 9. The van der Waals surface area contributed by atoms with Gasteiger partial charge in [0.2, 0.25) is 3.79 Å². The lowest BCUT2D eigenvalue weighted by atomic mass is 10.1. The van der Waals surface area contributed by atoms with E-state index in [1.165, 1.54) is 32.1 Å². The molecule has 0 bridgehead atoms. The van der Waals surface area contributed by atoms with Gasteiger partial charge in [-0.15, -0.1) is 0 Å². The van der Waals surface area contributed by atoms with Crippen LogP contribution >= 0.6 is 34.8 Å². The minimum Gasteiger partial charge on any atom is -0.439 e. The molecule has 51 heavy (non-hydrogen) atoms. The molecular weight excluding hydrogens is 765 g/mol. The Morgan fingerprint density at radius 3 is 1.76 bits per heavy atom. The van der Waals surface area contributed by atoms with Crippen molar-refractivity contribution in [3.63, 3.8) is 0 Å². The largest absolute Gasteiger partial charge is 0.439 e. The lowest BCUT2D eigenvalue weighted by Gasteiger charge is -2.44. The van der Waals surface area contributed by atoms with Gasteiger partial charge in [0, 0.05) is 7.05 Å². The standard InChI is InChI=1S/C34H62Cl3N5O6Si3/c1-30(2,3)49(13,14)44-19-22-24(47-50(15,16)31(4,5)6)25(48-51(17,18)32(7,8)9)28(45-22)42-21-40-23-26(38-20-39-27(23)42)41(12)29(43)46-33(10,11)34(35,36)37/h20-22,24-25,28H,19H2,1-18H3/t22-,24-,25-,28-/m1/s1. The second kappa shape index (κ2) is 14.7. The van der Waals surface area contributed by atoms with Crippen molar-refractivity contribution in [2.24, 2.45) is 0 Å². The minimum absolute atomic E-state index is 0.00683. The van der Waals surface area contributed by atoms with Gasteiger partial charge < -0.3 is 22.8 Å². The van der Waals surface area contributed by atoms with E-state index in [0.29, 0.717) is 17.8 Å². The summed E-state index contributed by atoms with van der Waals surface area (Å²) >= 11 is 18.3. The molecule has 17 heteroatoms. The molecule has 0 aromatic carbocycles. The van der Waals surface area contributed by atoms with Crippen LogP contribution in [0.5, 0.6) is 0 Å². The van der Waals surface area contributed by atoms with Crippen molar-refractivity contribution >= 4 is 82.8 Å². The normalized spacial score (nSPS) is 21.7. The lowest BCUT2D eigenvalue weighted by molar-refractivity contribution is -0.0470. The second-order valence-corrected chi connectivity index (χ2v) is 35.4. The highest BCUT2D eigenvalue weighted by Crippen LogP contribution is 2.47. The molecule has 3 heterocycles. The molecule has 3 rings (SSSR count). The predicted molar refractivity (Wildman–Crippen MR) is 216 cm³/mol. The number of ether oxygens (including phenoxy) is 2. The quantitative estimate of drug-likeness (QED) is 0.171. The summed E-state index contributed by atoms with van der Waals surface area (Å²) in [5.74, 6) is 0.218. The van der Waals surface area contributed by atoms with E-state index in [-0.39, 0.29) is 20.9 Å². The van der Waals surface area contributed by atoms with Crippen LogP contribution in [0.15, 0.2) is 12.7 Å². The average Bonchev–Trinajstić information content (AvgIpc) is 3.49. The first-order chi connectivity index (χ1) is 22.7. The fourth-order valence-corrected chi connectivity index (χ4v) is 8.31. The number of carbonyl (C=O) groups is 1. The molecule has 0 spiro atoms. The van der Waals surface area contributed by atoms with E-state index in [9.17, 15) is 4.79 Å². The summed E-state index contributed by atoms with van der Waals surface area (Å²) in [4.78, 5) is 28.3. The van der Waals surface area contributed by atoms with E-state index in [1.54, 1.807) is 6.33 Å². The van der Waals surface area contributed by atoms with E-state index in [4.69, 9.17) is 62.5 Å². The highest BCUT2D eigenvalue weighted by molar-refractivity contribution is 6.75. The highest BCUT2D eigenvalue weighted by Gasteiger charge is 2.55. The number of halogens is 3. The molecule has 1 fully saturated rings. The Balaban J connectivity index is 2.19. The Morgan fingerprint density at radius 2 is 1.29 bits per heavy atom. The minimum atomic E-state index is -2.40. The summed E-state index contributed by atoms with van der Waals surface area (Å²) < 4.78 is 34.0. The summed E-state index contributed by atoms with van der Waals surface area (Å²) in [6.45, 7) is 36.9. The van der Waals surface area contributed by atoms with E-state index in [2.05, 4.69) is 112 Å². The van der Waals surface area contributed by atoms with Gasteiger partial charge in [-0.3, -0.25) is 9.47 Å². The van der Waals surface area contributed by atoms with Crippen molar-refractivity contribution in [2.75, 3.05) is 18.6 Å². The number of nitrogens with zero attached hydrogens (tertiary/aromatic N) is 5. The van der Waals surface area contributed by atoms with Gasteiger partial charge in [0.15, 0.2) is 53.8 Å². The van der Waals surface area contributed by atoms with Crippen molar-refractivity contribution in [1.82, 2.24) is 19.5 Å². The van der Waals surface area contributed by atoms with E-state index >= 15 is 0 Å². The number of amides is 1. The predicted octanol–water partition coefficient (Wildman–Crippen LogP) is 10.2. The third kappa shape index (κ3) is 9.53. The highest BCUT2D eigenvalue weighted by atomic mass is 35.6. The Bertz CT molecular complexity index is 1550. The number of rotatable bonds is 10. The van der Waals surface area contributed by atoms with Crippen LogP contribution < -0.4 is 4.90 Å². The SMILES string of the molecule is CN(C(=O)OC(C)(C)C(Cl)(Cl)Cl)c1ncnc2c1ncn2[C@@H]1O[C@H](CO[Si](C)(C)C(C)(C)C)[C@@H](O[Si](C)(C)C(C)(C)C)[C@H]1O[Si](C)(C)C(C)(C)C. The van der Waals surface area contributed by atoms with Gasteiger partial charge >= 0.3 is 6.09 Å². The van der Waals surface area contributed by atoms with Crippen molar-refractivity contribution in [1.29, 1.82) is 0 Å². The zero-order valence-corrected chi connectivity index (χ0v) is 39.3. The van der Waals surface area contributed by atoms with Crippen LogP contribution in [-0.4, -0.2) is 91.9 Å². The molecule has 0 radical (unpaired) electrons. The number of fused-ring (bicyclic) bond motifs is 1. The molecule has 0 aliphatic carbocycles. The average molecular weight is 828 g/mol. The molecule has 2 aromatic rings. The number of anilines is 1. The molecule has 0 N–H and O–H groups in total. The zero-order chi connectivity index (χ0) is 39.6. The summed E-state index contributed by atoms with van der Waals surface area (Å²) in [6.07, 6.45) is 0.194. The van der Waals surface area contributed by atoms with Crippen LogP contribution in [0, 0.1) is 0 Å². The molecule has 292 valence electrons. The van der Waals surface area contributed by atoms with E-state index in [0.717, 1.165) is 0 Å². The summed E-state index contributed by atoms with van der Waals surface area (Å²) in [6, 6.07) is 0. The van der Waals surface area contributed by atoms with Crippen molar-refractivity contribution in [2.45, 2.75) is 164 Å². The molecule has 1 saturated heterocycles. The van der Waals surface area contributed by atoms with Crippen LogP contribution in [0.2, 0.25) is 54.4 Å². The summed E-state index contributed by atoms with van der Waals surface area (Å²) in [5, 5.41) is -0.150. The molecule has 1 aliphatic heterocycles. The first-order valence-corrected chi connectivity index (χ1v) is 27.4. The molecule has 11 nitrogen and oxygen atoms in total. The Morgan fingerprint density at radius 1 is 0.804 bits per heavy atom. The Hall–Kier alpha value is -0.819. The second-order valence-electron chi connectivity index (χ2n) is 18.8. The van der Waals surface area contributed by atoms with Crippen LogP contribution in [0.3, 0.4) is 0 Å². The van der Waals surface area contributed by atoms with Crippen LogP contribution in [0.4, 0.5) is 10.6 Å². The van der Waals surface area contributed by atoms with Crippen molar-refractivity contribution in [3.05, 3.63) is 12.7 Å². The third-order valence-corrected chi connectivity index (χ3v) is 26.2. The fourth-order valence-electron chi connectivity index (χ4n) is 4.58. The monoisotopic (exact) mass is 825 g/mol. The Kier molecular flexibility index (Phi) is 12.8. The van der Waals surface area contributed by atoms with Crippen molar-refractivity contribution in [3.8, 4) is 0 Å². The van der Waals surface area contributed by atoms with Gasteiger partial charge in [-0.25, -0.2) is 19.7 Å². The van der Waals surface area contributed by atoms with Gasteiger partial charge in [0.25, 0.3) is 0 Å². The first-order valence-electron chi connectivity index (χ1n) is 17.5.